The molecule has 0 bridgehead atoms. The minimum atomic E-state index is -0.106. The predicted octanol–water partition coefficient (Wildman–Crippen LogP) is 0.453. The van der Waals surface area contributed by atoms with Crippen molar-refractivity contribution in [2.45, 2.75) is 19.9 Å². The molecule has 1 fully saturated rings. The smallest absolute Gasteiger partial charge is 0.250 e. The Kier molecular flexibility index (Phi) is 2.52. The van der Waals surface area contributed by atoms with E-state index >= 15 is 0 Å². The summed E-state index contributed by atoms with van der Waals surface area (Å²) in [5.74, 6) is 1.11. The summed E-state index contributed by atoms with van der Waals surface area (Å²) in [4.78, 5) is 20.9. The van der Waals surface area contributed by atoms with E-state index in [1.54, 1.807) is 4.90 Å². The highest BCUT2D eigenvalue weighted by Gasteiger charge is 2.39. The maximum absolute atomic E-state index is 12.4. The second-order valence-electron chi connectivity index (χ2n) is 5.05. The molecule has 0 spiro atoms. The maximum Gasteiger partial charge on any atom is 0.250 e. The molecule has 96 valence electrons. The quantitative estimate of drug-likeness (QED) is 0.722. The third kappa shape index (κ3) is 1.43. The van der Waals surface area contributed by atoms with E-state index in [4.69, 9.17) is 0 Å². The maximum atomic E-state index is 12.4. The Morgan fingerprint density at radius 3 is 3.00 bits per heavy atom. The molecule has 5 heteroatoms. The van der Waals surface area contributed by atoms with E-state index in [1.165, 1.54) is 0 Å². The molecule has 5 nitrogen and oxygen atoms in total. The second-order valence-corrected chi connectivity index (χ2v) is 5.05. The fourth-order valence-corrected chi connectivity index (χ4v) is 2.79. The average Bonchev–Trinajstić information content (AvgIpc) is 2.39. The van der Waals surface area contributed by atoms with Crippen LogP contribution in [0.15, 0.2) is 6.20 Å². The standard InChI is InChI=1S/C13H18N4O/c1-8-6-15-12-11(9(8)2)16(3)13(18)10-7-14-4-5-17(10)12/h6,10,14H,4-5,7H2,1-3H3. The van der Waals surface area contributed by atoms with Crippen molar-refractivity contribution in [2.24, 2.45) is 0 Å². The lowest BCUT2D eigenvalue weighted by Gasteiger charge is -2.44. The van der Waals surface area contributed by atoms with Crippen molar-refractivity contribution in [3.8, 4) is 0 Å². The molecule has 2 aliphatic heterocycles. The fourth-order valence-electron chi connectivity index (χ4n) is 2.79. The lowest BCUT2D eigenvalue weighted by Crippen LogP contribution is -2.61. The molecule has 3 rings (SSSR count). The number of aryl methyl sites for hydroxylation is 1. The summed E-state index contributed by atoms with van der Waals surface area (Å²) in [5.41, 5.74) is 3.24. The van der Waals surface area contributed by atoms with E-state index in [0.29, 0.717) is 6.54 Å². The molecular weight excluding hydrogens is 228 g/mol. The first-order valence-corrected chi connectivity index (χ1v) is 6.32. The third-order valence-corrected chi connectivity index (χ3v) is 4.01. The van der Waals surface area contributed by atoms with Crippen molar-refractivity contribution >= 4 is 17.4 Å². The Labute approximate surface area is 107 Å². The molecule has 2 aliphatic rings. The zero-order valence-electron chi connectivity index (χ0n) is 11.0. The highest BCUT2D eigenvalue weighted by atomic mass is 16.2. The number of fused-ring (bicyclic) bond motifs is 3. The van der Waals surface area contributed by atoms with Gasteiger partial charge in [-0.05, 0) is 25.0 Å². The summed E-state index contributed by atoms with van der Waals surface area (Å²) in [7, 11) is 1.85. The molecule has 0 aromatic carbocycles. The number of likely N-dealkylation sites (N-methyl/N-ethyl adjacent to an activating group) is 1. The highest BCUT2D eigenvalue weighted by Crippen LogP contribution is 2.37. The molecule has 1 saturated heterocycles. The van der Waals surface area contributed by atoms with Gasteiger partial charge in [-0.3, -0.25) is 4.79 Å². The van der Waals surface area contributed by atoms with Crippen LogP contribution in [0.1, 0.15) is 11.1 Å². The summed E-state index contributed by atoms with van der Waals surface area (Å²) < 4.78 is 0. The van der Waals surface area contributed by atoms with Gasteiger partial charge in [-0.25, -0.2) is 4.98 Å². The number of piperazine rings is 1. The van der Waals surface area contributed by atoms with Crippen molar-refractivity contribution in [2.75, 3.05) is 36.5 Å². The number of aromatic nitrogens is 1. The van der Waals surface area contributed by atoms with E-state index in [2.05, 4.69) is 22.1 Å². The van der Waals surface area contributed by atoms with Crippen molar-refractivity contribution in [1.29, 1.82) is 0 Å². The van der Waals surface area contributed by atoms with E-state index in [0.717, 1.165) is 35.7 Å². The number of hydrogen-bond donors (Lipinski definition) is 1. The lowest BCUT2D eigenvalue weighted by molar-refractivity contribution is -0.120. The topological polar surface area (TPSA) is 48.5 Å². The Morgan fingerprint density at radius 2 is 2.22 bits per heavy atom. The minimum Gasteiger partial charge on any atom is -0.340 e. The molecule has 1 aromatic heterocycles. The number of amides is 1. The van der Waals surface area contributed by atoms with Crippen LogP contribution in [0, 0.1) is 13.8 Å². The fraction of sp³-hybridized carbons (Fsp3) is 0.538. The summed E-state index contributed by atoms with van der Waals surface area (Å²) in [6.45, 7) is 6.54. The van der Waals surface area contributed by atoms with Crippen molar-refractivity contribution in [3.63, 3.8) is 0 Å². The average molecular weight is 246 g/mol. The first kappa shape index (κ1) is 11.5. The number of anilines is 2. The molecule has 18 heavy (non-hydrogen) atoms. The molecular formula is C13H18N4O. The molecule has 0 aliphatic carbocycles. The van der Waals surface area contributed by atoms with Gasteiger partial charge in [0.25, 0.3) is 5.91 Å². The van der Waals surface area contributed by atoms with Crippen molar-refractivity contribution in [3.05, 3.63) is 17.3 Å². The van der Waals surface area contributed by atoms with Crippen LogP contribution < -0.4 is 15.1 Å². The van der Waals surface area contributed by atoms with E-state index < -0.39 is 0 Å². The van der Waals surface area contributed by atoms with Gasteiger partial charge in [0.1, 0.15) is 6.04 Å². The molecule has 1 aromatic rings. The van der Waals surface area contributed by atoms with Gasteiger partial charge in [-0.15, -0.1) is 0 Å². The molecule has 3 heterocycles. The van der Waals surface area contributed by atoms with Crippen LogP contribution in [0.25, 0.3) is 0 Å². The van der Waals surface area contributed by atoms with E-state index in [-0.39, 0.29) is 11.9 Å². The van der Waals surface area contributed by atoms with Gasteiger partial charge in [0.15, 0.2) is 5.82 Å². The Balaban J connectivity index is 2.18. The normalized spacial score (nSPS) is 22.8. The van der Waals surface area contributed by atoms with E-state index in [1.807, 2.05) is 20.2 Å². The first-order chi connectivity index (χ1) is 8.61. The monoisotopic (exact) mass is 246 g/mol. The van der Waals surface area contributed by atoms with Crippen LogP contribution in [-0.2, 0) is 4.79 Å². The van der Waals surface area contributed by atoms with Crippen LogP contribution in [0.4, 0.5) is 11.5 Å². The number of nitrogens with one attached hydrogen (secondary N) is 1. The number of hydrogen-bond acceptors (Lipinski definition) is 4. The molecule has 1 N–H and O–H groups in total. The molecule has 1 unspecified atom stereocenters. The van der Waals surface area contributed by atoms with E-state index in [9.17, 15) is 4.79 Å². The van der Waals surface area contributed by atoms with Gasteiger partial charge >= 0.3 is 0 Å². The second kappa shape index (κ2) is 3.95. The Hall–Kier alpha value is -1.62. The number of carbonyl (C=O) groups is 1. The van der Waals surface area contributed by atoms with Gasteiger partial charge < -0.3 is 15.1 Å². The van der Waals surface area contributed by atoms with Gasteiger partial charge in [-0.1, -0.05) is 0 Å². The van der Waals surface area contributed by atoms with Crippen LogP contribution >= 0.6 is 0 Å². The van der Waals surface area contributed by atoms with Gasteiger partial charge in [-0.2, -0.15) is 0 Å². The molecule has 1 amide bonds. The summed E-state index contributed by atoms with van der Waals surface area (Å²) >= 11 is 0. The third-order valence-electron chi connectivity index (χ3n) is 4.01. The lowest BCUT2D eigenvalue weighted by atomic mass is 10.0. The zero-order valence-corrected chi connectivity index (χ0v) is 11.0. The number of pyridine rings is 1. The summed E-state index contributed by atoms with van der Waals surface area (Å²) in [6, 6.07) is -0.106. The van der Waals surface area contributed by atoms with Crippen LogP contribution in [0.3, 0.4) is 0 Å². The largest absolute Gasteiger partial charge is 0.340 e. The van der Waals surface area contributed by atoms with Gasteiger partial charge in [0, 0.05) is 32.9 Å². The first-order valence-electron chi connectivity index (χ1n) is 6.32. The van der Waals surface area contributed by atoms with Gasteiger partial charge in [0.2, 0.25) is 0 Å². The molecule has 1 atom stereocenters. The van der Waals surface area contributed by atoms with Crippen molar-refractivity contribution in [1.82, 2.24) is 10.3 Å². The van der Waals surface area contributed by atoms with Crippen LogP contribution in [0.5, 0.6) is 0 Å². The zero-order chi connectivity index (χ0) is 12.9. The summed E-state index contributed by atoms with van der Waals surface area (Å²) in [5, 5.41) is 3.27. The predicted molar refractivity (Wildman–Crippen MR) is 71.1 cm³/mol. The van der Waals surface area contributed by atoms with Crippen LogP contribution in [-0.4, -0.2) is 43.6 Å². The number of carbonyl (C=O) groups excluding carboxylic acids is 1. The molecule has 0 saturated carbocycles. The minimum absolute atomic E-state index is 0.106. The van der Waals surface area contributed by atoms with Crippen molar-refractivity contribution < 1.29 is 4.79 Å². The Morgan fingerprint density at radius 1 is 1.44 bits per heavy atom. The van der Waals surface area contributed by atoms with Gasteiger partial charge in [0.05, 0.1) is 5.69 Å². The SMILES string of the molecule is Cc1cnc2c(c1C)N(C)C(=O)C1CNCCN21. The number of nitrogens with zero attached hydrogens (tertiary/aromatic N) is 3. The molecule has 0 radical (unpaired) electrons. The highest BCUT2D eigenvalue weighted by molar-refractivity contribution is 6.05. The van der Waals surface area contributed by atoms with Crippen LogP contribution in [0.2, 0.25) is 0 Å². The Bertz CT molecular complexity index is 514. The summed E-state index contributed by atoms with van der Waals surface area (Å²) in [6.07, 6.45) is 1.90. The number of rotatable bonds is 0.